The number of sulfonamides is 2. The van der Waals surface area contributed by atoms with Crippen LogP contribution in [0.15, 0.2) is 59.4 Å². The SMILES string of the molecule is CS(=O)(=O)N(c1cc2ccccc2c(=O)c2ccccc12)S(C)(=O)=O. The van der Waals surface area contributed by atoms with Crippen LogP contribution in [-0.2, 0) is 20.0 Å². The molecule has 0 unspecified atom stereocenters. The predicted octanol–water partition coefficient (Wildman–Crippen LogP) is 2.08. The molecule has 0 heterocycles. The van der Waals surface area contributed by atoms with Gasteiger partial charge in [0, 0.05) is 16.2 Å². The molecule has 0 bridgehead atoms. The van der Waals surface area contributed by atoms with Crippen molar-refractivity contribution in [2.45, 2.75) is 0 Å². The van der Waals surface area contributed by atoms with E-state index in [0.717, 1.165) is 12.5 Å². The van der Waals surface area contributed by atoms with E-state index in [1.165, 1.54) is 12.1 Å². The summed E-state index contributed by atoms with van der Waals surface area (Å²) < 4.78 is 49.2. The Morgan fingerprint density at radius 3 is 1.76 bits per heavy atom. The fourth-order valence-corrected chi connectivity index (χ4v) is 5.84. The normalized spacial score (nSPS) is 12.4. The lowest BCUT2D eigenvalue weighted by molar-refractivity contribution is 0.591. The molecule has 0 aliphatic carbocycles. The van der Waals surface area contributed by atoms with Crippen molar-refractivity contribution in [1.29, 1.82) is 0 Å². The van der Waals surface area contributed by atoms with Crippen LogP contribution >= 0.6 is 0 Å². The predicted molar refractivity (Wildman–Crippen MR) is 99.9 cm³/mol. The molecule has 0 aliphatic heterocycles. The highest BCUT2D eigenvalue weighted by atomic mass is 32.3. The minimum absolute atomic E-state index is 0.0705. The van der Waals surface area contributed by atoms with Crippen LogP contribution in [0.5, 0.6) is 0 Å². The maximum atomic E-state index is 12.8. The maximum Gasteiger partial charge on any atom is 0.245 e. The standard InChI is InChI=1S/C17H15NO5S2/c1-24(20,21)18(25(2,22)23)16-11-12-7-3-4-8-13(12)17(19)15-10-6-5-9-14(15)16/h3-11H,1-2H3. The monoisotopic (exact) mass is 377 g/mol. The molecule has 0 spiro atoms. The first kappa shape index (κ1) is 17.4. The molecule has 8 heteroatoms. The van der Waals surface area contributed by atoms with Gasteiger partial charge in [-0.3, -0.25) is 4.79 Å². The van der Waals surface area contributed by atoms with E-state index in [2.05, 4.69) is 0 Å². The fourth-order valence-electron chi connectivity index (χ4n) is 2.86. The molecule has 3 rings (SSSR count). The summed E-state index contributed by atoms with van der Waals surface area (Å²) in [6.45, 7) is 0. The molecule has 0 radical (unpaired) electrons. The molecule has 0 aromatic heterocycles. The second-order valence-corrected chi connectivity index (χ2v) is 9.61. The molecule has 0 fully saturated rings. The zero-order chi connectivity index (χ0) is 18.4. The zero-order valence-corrected chi connectivity index (χ0v) is 15.1. The van der Waals surface area contributed by atoms with E-state index in [-0.39, 0.29) is 21.9 Å². The van der Waals surface area contributed by atoms with Crippen LogP contribution in [0.4, 0.5) is 5.69 Å². The van der Waals surface area contributed by atoms with Gasteiger partial charge in [-0.15, -0.1) is 0 Å². The first-order valence-electron chi connectivity index (χ1n) is 7.26. The maximum absolute atomic E-state index is 12.8. The molecule has 0 atom stereocenters. The smallest absolute Gasteiger partial charge is 0.245 e. The number of rotatable bonds is 3. The summed E-state index contributed by atoms with van der Waals surface area (Å²) in [7, 11) is -8.27. The third kappa shape index (κ3) is 3.10. The van der Waals surface area contributed by atoms with Gasteiger partial charge in [0.05, 0.1) is 18.2 Å². The molecule has 6 nitrogen and oxygen atoms in total. The Kier molecular flexibility index (Phi) is 4.04. The van der Waals surface area contributed by atoms with Crippen LogP contribution in [0.2, 0.25) is 0 Å². The molecule has 3 aromatic rings. The van der Waals surface area contributed by atoms with Crippen molar-refractivity contribution in [2.24, 2.45) is 0 Å². The molecular weight excluding hydrogens is 362 g/mol. The Hall–Kier alpha value is -2.45. The molecule has 0 saturated carbocycles. The Balaban J connectivity index is 2.67. The van der Waals surface area contributed by atoms with E-state index in [4.69, 9.17) is 0 Å². The lowest BCUT2D eigenvalue weighted by Gasteiger charge is -2.20. The Labute approximate surface area is 145 Å². The van der Waals surface area contributed by atoms with Crippen molar-refractivity contribution in [3.63, 3.8) is 0 Å². The van der Waals surface area contributed by atoms with Gasteiger partial charge in [0.15, 0.2) is 5.43 Å². The van der Waals surface area contributed by atoms with E-state index >= 15 is 0 Å². The van der Waals surface area contributed by atoms with Gasteiger partial charge in [-0.2, -0.15) is 3.71 Å². The van der Waals surface area contributed by atoms with Crippen LogP contribution in [0.25, 0.3) is 21.5 Å². The van der Waals surface area contributed by atoms with Gasteiger partial charge < -0.3 is 0 Å². The van der Waals surface area contributed by atoms with E-state index in [0.29, 0.717) is 14.5 Å². The summed E-state index contributed by atoms with van der Waals surface area (Å²) in [6, 6.07) is 14.4. The lowest BCUT2D eigenvalue weighted by atomic mass is 10.1. The van der Waals surface area contributed by atoms with Crippen LogP contribution in [0.1, 0.15) is 0 Å². The molecule has 0 saturated heterocycles. The van der Waals surface area contributed by atoms with Gasteiger partial charge in [-0.1, -0.05) is 48.5 Å². The Morgan fingerprint density at radius 1 is 0.720 bits per heavy atom. The van der Waals surface area contributed by atoms with Crippen molar-refractivity contribution in [2.75, 3.05) is 16.2 Å². The minimum Gasteiger partial charge on any atom is -0.289 e. The van der Waals surface area contributed by atoms with Crippen LogP contribution in [0, 0.1) is 0 Å². The molecule has 130 valence electrons. The van der Waals surface area contributed by atoms with E-state index in [1.54, 1.807) is 42.5 Å². The van der Waals surface area contributed by atoms with Crippen molar-refractivity contribution < 1.29 is 16.8 Å². The lowest BCUT2D eigenvalue weighted by Crippen LogP contribution is -2.35. The van der Waals surface area contributed by atoms with Gasteiger partial charge >= 0.3 is 0 Å². The van der Waals surface area contributed by atoms with Crippen LogP contribution < -0.4 is 9.14 Å². The molecule has 0 N–H and O–H groups in total. The summed E-state index contributed by atoms with van der Waals surface area (Å²) in [4.78, 5) is 12.8. The van der Waals surface area contributed by atoms with Gasteiger partial charge in [0.1, 0.15) is 0 Å². The third-order valence-electron chi connectivity index (χ3n) is 3.74. The van der Waals surface area contributed by atoms with E-state index in [9.17, 15) is 21.6 Å². The Bertz CT molecular complexity index is 1230. The number of hydrogen-bond acceptors (Lipinski definition) is 5. The fraction of sp³-hybridized carbons (Fsp3) is 0.118. The summed E-state index contributed by atoms with van der Waals surface area (Å²) in [5.74, 6) is 0. The van der Waals surface area contributed by atoms with Crippen molar-refractivity contribution in [1.82, 2.24) is 0 Å². The van der Waals surface area contributed by atoms with Gasteiger partial charge in [0.2, 0.25) is 20.0 Å². The molecular formula is C17H15NO5S2. The minimum atomic E-state index is -4.14. The summed E-state index contributed by atoms with van der Waals surface area (Å²) in [5.41, 5.74) is -0.363. The highest BCUT2D eigenvalue weighted by Crippen LogP contribution is 2.30. The second-order valence-electron chi connectivity index (χ2n) is 5.71. The average molecular weight is 377 g/mol. The highest BCUT2D eigenvalue weighted by Gasteiger charge is 2.29. The summed E-state index contributed by atoms with van der Waals surface area (Å²) >= 11 is 0. The number of fused-ring (bicyclic) bond motifs is 2. The molecule has 3 aromatic carbocycles. The number of hydrogen-bond donors (Lipinski definition) is 0. The third-order valence-corrected chi connectivity index (χ3v) is 6.97. The van der Waals surface area contributed by atoms with Gasteiger partial charge in [-0.25, -0.2) is 16.8 Å². The second kappa shape index (κ2) is 5.82. The van der Waals surface area contributed by atoms with Crippen LogP contribution in [-0.4, -0.2) is 29.3 Å². The number of anilines is 1. The summed E-state index contributed by atoms with van der Waals surface area (Å²) in [6.07, 6.45) is 1.63. The molecule has 25 heavy (non-hydrogen) atoms. The van der Waals surface area contributed by atoms with Crippen molar-refractivity contribution in [3.8, 4) is 0 Å². The quantitative estimate of drug-likeness (QED) is 0.697. The summed E-state index contributed by atoms with van der Waals surface area (Å²) in [5, 5.41) is 1.33. The van der Waals surface area contributed by atoms with E-state index in [1.807, 2.05) is 0 Å². The largest absolute Gasteiger partial charge is 0.289 e. The van der Waals surface area contributed by atoms with E-state index < -0.39 is 20.0 Å². The average Bonchev–Trinajstić information content (AvgIpc) is 2.62. The molecule has 0 aliphatic rings. The topological polar surface area (TPSA) is 88.6 Å². The highest BCUT2D eigenvalue weighted by molar-refractivity contribution is 8.09. The number of benzene rings is 2. The number of nitrogens with zero attached hydrogens (tertiary/aromatic N) is 1. The van der Waals surface area contributed by atoms with Crippen LogP contribution in [0.3, 0.4) is 0 Å². The van der Waals surface area contributed by atoms with Crippen molar-refractivity contribution in [3.05, 3.63) is 64.8 Å². The Morgan fingerprint density at radius 2 is 1.20 bits per heavy atom. The first-order valence-corrected chi connectivity index (χ1v) is 11.0. The molecule has 0 amide bonds. The van der Waals surface area contributed by atoms with Gasteiger partial charge in [-0.05, 0) is 11.5 Å². The zero-order valence-electron chi connectivity index (χ0n) is 13.5. The first-order chi connectivity index (χ1) is 11.6. The van der Waals surface area contributed by atoms with Gasteiger partial charge in [0.25, 0.3) is 0 Å². The van der Waals surface area contributed by atoms with Crippen molar-refractivity contribution >= 4 is 47.3 Å².